The summed E-state index contributed by atoms with van der Waals surface area (Å²) in [4.78, 5) is 21.7. The zero-order valence-corrected chi connectivity index (χ0v) is 13.3. The van der Waals surface area contributed by atoms with Crippen molar-refractivity contribution < 1.29 is 0 Å². The minimum absolute atomic E-state index is 0.00810. The Hall–Kier alpha value is -1.60. The number of thioether (sulfide) groups is 1. The average Bonchev–Trinajstić information content (AvgIpc) is 2.77. The van der Waals surface area contributed by atoms with Crippen molar-refractivity contribution >= 4 is 11.8 Å². The Labute approximate surface area is 127 Å². The summed E-state index contributed by atoms with van der Waals surface area (Å²) < 4.78 is 1.88. The number of aryl methyl sites for hydroxylation is 2. The van der Waals surface area contributed by atoms with E-state index in [9.17, 15) is 4.79 Å². The van der Waals surface area contributed by atoms with Gasteiger partial charge in [-0.1, -0.05) is 11.8 Å². The number of fused-ring (bicyclic) bond motifs is 1. The van der Waals surface area contributed by atoms with Crippen LogP contribution in [-0.4, -0.2) is 37.4 Å². The second-order valence-corrected chi connectivity index (χ2v) is 6.16. The first-order valence-corrected chi connectivity index (χ1v) is 8.17. The van der Waals surface area contributed by atoms with Crippen molar-refractivity contribution in [2.75, 3.05) is 12.8 Å². The molecule has 0 unspecified atom stereocenters. The Morgan fingerprint density at radius 2 is 2.29 bits per heavy atom. The van der Waals surface area contributed by atoms with Gasteiger partial charge in [-0.15, -0.1) is 0 Å². The molecule has 2 aromatic rings. The van der Waals surface area contributed by atoms with Crippen LogP contribution >= 0.6 is 11.8 Å². The van der Waals surface area contributed by atoms with Crippen molar-refractivity contribution in [3.8, 4) is 0 Å². The molecule has 0 spiro atoms. The highest BCUT2D eigenvalue weighted by Gasteiger charge is 2.21. The van der Waals surface area contributed by atoms with Gasteiger partial charge < -0.3 is 4.98 Å². The maximum absolute atomic E-state index is 12.1. The van der Waals surface area contributed by atoms with E-state index < -0.39 is 0 Å². The summed E-state index contributed by atoms with van der Waals surface area (Å²) in [6.45, 7) is 4.36. The Morgan fingerprint density at radius 1 is 1.48 bits per heavy atom. The lowest BCUT2D eigenvalue weighted by molar-refractivity contribution is 0.237. The molecule has 0 saturated carbocycles. The molecule has 0 bridgehead atoms. The third kappa shape index (κ3) is 2.89. The fourth-order valence-corrected chi connectivity index (χ4v) is 3.03. The van der Waals surface area contributed by atoms with Crippen molar-refractivity contribution in [2.24, 2.45) is 7.05 Å². The Kier molecular flexibility index (Phi) is 3.86. The molecule has 2 aromatic heterocycles. The molecular weight excluding hydrogens is 286 g/mol. The fraction of sp³-hybridized carbons (Fsp3) is 0.500. The summed E-state index contributed by atoms with van der Waals surface area (Å²) in [7, 11) is 1.95. The Morgan fingerprint density at radius 3 is 2.95 bits per heavy atom. The second kappa shape index (κ2) is 5.65. The summed E-state index contributed by atoms with van der Waals surface area (Å²) in [6.07, 6.45) is 2.74. The maximum atomic E-state index is 12.1. The summed E-state index contributed by atoms with van der Waals surface area (Å²) in [5.74, 6) is 0. The van der Waals surface area contributed by atoms with Crippen molar-refractivity contribution in [3.63, 3.8) is 0 Å². The number of aromatic amines is 1. The van der Waals surface area contributed by atoms with E-state index in [-0.39, 0.29) is 5.56 Å². The van der Waals surface area contributed by atoms with Crippen molar-refractivity contribution in [1.82, 2.24) is 24.6 Å². The normalized spacial score (nSPS) is 15.2. The van der Waals surface area contributed by atoms with Gasteiger partial charge in [-0.3, -0.25) is 14.4 Å². The second-order valence-electron chi connectivity index (χ2n) is 5.36. The van der Waals surface area contributed by atoms with Crippen molar-refractivity contribution in [1.29, 1.82) is 0 Å². The molecule has 1 aliphatic rings. The van der Waals surface area contributed by atoms with Crippen molar-refractivity contribution in [3.05, 3.63) is 39.1 Å². The van der Waals surface area contributed by atoms with Crippen LogP contribution in [0.15, 0.2) is 16.0 Å². The van der Waals surface area contributed by atoms with Crippen LogP contribution in [0.5, 0.6) is 0 Å². The van der Waals surface area contributed by atoms with E-state index in [0.717, 1.165) is 42.2 Å². The summed E-state index contributed by atoms with van der Waals surface area (Å²) in [5.41, 5.74) is 3.92. The highest BCUT2D eigenvalue weighted by Crippen LogP contribution is 2.18. The lowest BCUT2D eigenvalue weighted by Gasteiger charge is -2.26. The van der Waals surface area contributed by atoms with Gasteiger partial charge in [-0.2, -0.15) is 5.10 Å². The van der Waals surface area contributed by atoms with Gasteiger partial charge >= 0.3 is 0 Å². The van der Waals surface area contributed by atoms with Crippen LogP contribution in [0.25, 0.3) is 0 Å². The van der Waals surface area contributed by atoms with Gasteiger partial charge in [0.1, 0.15) is 0 Å². The molecule has 1 N–H and O–H groups in total. The Bertz CT molecular complexity index is 701. The molecular formula is C14H19N5OS. The zero-order valence-electron chi connectivity index (χ0n) is 12.5. The average molecular weight is 305 g/mol. The van der Waals surface area contributed by atoms with E-state index in [2.05, 4.69) is 26.0 Å². The first kappa shape index (κ1) is 14.3. The number of rotatable bonds is 3. The molecule has 0 aromatic carbocycles. The van der Waals surface area contributed by atoms with Crippen LogP contribution in [0.3, 0.4) is 0 Å². The minimum atomic E-state index is -0.00810. The van der Waals surface area contributed by atoms with Gasteiger partial charge in [0.15, 0.2) is 5.16 Å². The predicted molar refractivity (Wildman–Crippen MR) is 82.4 cm³/mol. The topological polar surface area (TPSA) is 66.8 Å². The standard InChI is InChI=1S/C14H19N5OS/c1-9-6-10(17-18(9)2)7-19-5-4-12-11(8-19)13(20)16-14(15-12)21-3/h6H,4-5,7-8H2,1-3H3,(H,15,16,20). The largest absolute Gasteiger partial charge is 0.301 e. The molecule has 112 valence electrons. The molecule has 1 aliphatic heterocycles. The summed E-state index contributed by atoms with van der Waals surface area (Å²) in [6, 6.07) is 2.09. The van der Waals surface area contributed by atoms with E-state index in [1.54, 1.807) is 0 Å². The number of nitrogens with one attached hydrogen (secondary N) is 1. The number of H-pyrrole nitrogens is 1. The first-order chi connectivity index (χ1) is 10.1. The molecule has 6 nitrogen and oxygen atoms in total. The van der Waals surface area contributed by atoms with Gasteiger partial charge in [0.25, 0.3) is 5.56 Å². The van der Waals surface area contributed by atoms with Crippen LogP contribution in [0.2, 0.25) is 0 Å². The third-order valence-corrected chi connectivity index (χ3v) is 4.45. The molecule has 7 heteroatoms. The van der Waals surface area contributed by atoms with E-state index in [0.29, 0.717) is 11.7 Å². The quantitative estimate of drug-likeness (QED) is 0.679. The number of nitrogens with zero attached hydrogens (tertiary/aromatic N) is 4. The van der Waals surface area contributed by atoms with Crippen molar-refractivity contribution in [2.45, 2.75) is 31.6 Å². The number of hydrogen-bond acceptors (Lipinski definition) is 5. The molecule has 21 heavy (non-hydrogen) atoms. The van der Waals surface area contributed by atoms with Gasteiger partial charge in [0.05, 0.1) is 17.0 Å². The maximum Gasteiger partial charge on any atom is 0.256 e. The summed E-state index contributed by atoms with van der Waals surface area (Å²) in [5, 5.41) is 5.18. The molecule has 0 amide bonds. The number of aromatic nitrogens is 4. The van der Waals surface area contributed by atoms with Gasteiger partial charge in [-0.25, -0.2) is 4.98 Å². The van der Waals surface area contributed by atoms with Crippen LogP contribution in [0, 0.1) is 6.92 Å². The van der Waals surface area contributed by atoms with Crippen LogP contribution in [0.1, 0.15) is 22.6 Å². The Balaban J connectivity index is 1.79. The third-order valence-electron chi connectivity index (χ3n) is 3.87. The van der Waals surface area contributed by atoms with E-state index in [4.69, 9.17) is 0 Å². The smallest absolute Gasteiger partial charge is 0.256 e. The highest BCUT2D eigenvalue weighted by atomic mass is 32.2. The van der Waals surface area contributed by atoms with Gasteiger partial charge in [0, 0.05) is 38.8 Å². The monoisotopic (exact) mass is 305 g/mol. The first-order valence-electron chi connectivity index (χ1n) is 6.94. The molecule has 0 atom stereocenters. The predicted octanol–water partition coefficient (Wildman–Crippen LogP) is 1.09. The summed E-state index contributed by atoms with van der Waals surface area (Å²) >= 11 is 1.47. The minimum Gasteiger partial charge on any atom is -0.301 e. The number of hydrogen-bond donors (Lipinski definition) is 1. The molecule has 0 radical (unpaired) electrons. The van der Waals surface area contributed by atoms with E-state index in [1.165, 1.54) is 11.8 Å². The molecule has 0 saturated heterocycles. The van der Waals surface area contributed by atoms with Gasteiger partial charge in [-0.05, 0) is 19.2 Å². The molecule has 3 rings (SSSR count). The SMILES string of the molecule is CSc1nc2c(c(=O)[nH]1)CN(Cc1cc(C)n(C)n1)CC2. The zero-order chi connectivity index (χ0) is 15.0. The van der Waals surface area contributed by atoms with E-state index >= 15 is 0 Å². The van der Waals surface area contributed by atoms with Crippen LogP contribution in [0.4, 0.5) is 0 Å². The molecule has 3 heterocycles. The van der Waals surface area contributed by atoms with Gasteiger partial charge in [0.2, 0.25) is 0 Å². The lowest BCUT2D eigenvalue weighted by Crippen LogP contribution is -2.35. The van der Waals surface area contributed by atoms with Crippen LogP contribution < -0.4 is 5.56 Å². The lowest BCUT2D eigenvalue weighted by atomic mass is 10.1. The van der Waals surface area contributed by atoms with E-state index in [1.807, 2.05) is 24.9 Å². The fourth-order valence-electron chi connectivity index (χ4n) is 2.63. The van der Waals surface area contributed by atoms with Crippen LogP contribution in [-0.2, 0) is 26.6 Å². The molecule has 0 aliphatic carbocycles. The highest BCUT2D eigenvalue weighted by molar-refractivity contribution is 7.98. The molecule has 0 fully saturated rings.